The molecule has 1 aliphatic heterocycles. The van der Waals surface area contributed by atoms with Crippen LogP contribution in [0.2, 0.25) is 0 Å². The molecule has 4 rings (SSSR count). The number of hydrogen-bond donors (Lipinski definition) is 0. The maximum atomic E-state index is 12.9. The van der Waals surface area contributed by atoms with Gasteiger partial charge in [-0.05, 0) is 51.3 Å². The Labute approximate surface area is 187 Å². The molecule has 1 aliphatic rings. The lowest BCUT2D eigenvalue weighted by Crippen LogP contribution is -2.42. The van der Waals surface area contributed by atoms with Crippen molar-refractivity contribution in [3.05, 3.63) is 46.6 Å². The number of ether oxygens (including phenoxy) is 1. The summed E-state index contributed by atoms with van der Waals surface area (Å²) in [6.07, 6.45) is 3.34. The number of anilines is 1. The van der Waals surface area contributed by atoms with Crippen molar-refractivity contribution in [2.45, 2.75) is 33.6 Å². The molecule has 164 valence electrons. The van der Waals surface area contributed by atoms with Crippen molar-refractivity contribution in [3.8, 4) is 5.75 Å². The number of amides is 1. The minimum absolute atomic E-state index is 0.0586. The molecular formula is C24H30N4O2S. The van der Waals surface area contributed by atoms with Gasteiger partial charge in [-0.2, -0.15) is 0 Å². The minimum atomic E-state index is 0.0586. The second-order valence-electron chi connectivity index (χ2n) is 8.34. The van der Waals surface area contributed by atoms with E-state index in [0.29, 0.717) is 13.2 Å². The van der Waals surface area contributed by atoms with Crippen LogP contribution in [-0.4, -0.2) is 54.1 Å². The second kappa shape index (κ2) is 9.22. The van der Waals surface area contributed by atoms with Crippen molar-refractivity contribution in [2.24, 2.45) is 5.92 Å². The first kappa shape index (κ1) is 21.6. The highest BCUT2D eigenvalue weighted by Gasteiger charge is 2.29. The molecule has 7 heteroatoms. The van der Waals surface area contributed by atoms with E-state index in [1.165, 1.54) is 21.4 Å². The number of aryl methyl sites for hydroxylation is 3. The van der Waals surface area contributed by atoms with Crippen molar-refractivity contribution in [3.63, 3.8) is 0 Å². The summed E-state index contributed by atoms with van der Waals surface area (Å²) in [7, 11) is 1.87. The zero-order chi connectivity index (χ0) is 22.0. The van der Waals surface area contributed by atoms with Gasteiger partial charge in [0.25, 0.3) is 0 Å². The van der Waals surface area contributed by atoms with Crippen LogP contribution in [0.25, 0.3) is 10.2 Å². The number of fused-ring (bicyclic) bond motifs is 1. The van der Waals surface area contributed by atoms with Crippen molar-refractivity contribution in [1.82, 2.24) is 14.9 Å². The Morgan fingerprint density at radius 3 is 2.58 bits per heavy atom. The van der Waals surface area contributed by atoms with Gasteiger partial charge in [0.05, 0.1) is 11.9 Å². The van der Waals surface area contributed by atoms with Crippen LogP contribution in [-0.2, 0) is 4.79 Å². The van der Waals surface area contributed by atoms with E-state index in [0.717, 1.165) is 42.3 Å². The van der Waals surface area contributed by atoms with Crippen LogP contribution in [0.1, 0.15) is 28.8 Å². The third-order valence-corrected chi connectivity index (χ3v) is 7.30. The molecule has 3 aromatic rings. The average molecular weight is 439 g/mol. The van der Waals surface area contributed by atoms with E-state index in [2.05, 4.69) is 35.6 Å². The van der Waals surface area contributed by atoms with Crippen LogP contribution < -0.4 is 9.64 Å². The molecular weight excluding hydrogens is 408 g/mol. The summed E-state index contributed by atoms with van der Waals surface area (Å²) >= 11 is 1.72. The summed E-state index contributed by atoms with van der Waals surface area (Å²) in [6.45, 7) is 9.10. The Bertz CT molecular complexity index is 1060. The molecule has 31 heavy (non-hydrogen) atoms. The third kappa shape index (κ3) is 4.66. The fourth-order valence-electron chi connectivity index (χ4n) is 4.10. The number of hydrogen-bond acceptors (Lipinski definition) is 6. The largest absolute Gasteiger partial charge is 0.492 e. The Morgan fingerprint density at radius 1 is 1.16 bits per heavy atom. The van der Waals surface area contributed by atoms with Gasteiger partial charge in [0.2, 0.25) is 5.91 Å². The Hall–Kier alpha value is -2.67. The van der Waals surface area contributed by atoms with E-state index in [4.69, 9.17) is 4.74 Å². The van der Waals surface area contributed by atoms with E-state index in [-0.39, 0.29) is 11.8 Å². The summed E-state index contributed by atoms with van der Waals surface area (Å²) in [5.74, 6) is 2.12. The number of thiophene rings is 1. The van der Waals surface area contributed by atoms with Gasteiger partial charge in [-0.3, -0.25) is 4.79 Å². The van der Waals surface area contributed by atoms with Gasteiger partial charge < -0.3 is 14.5 Å². The number of carbonyl (C=O) groups is 1. The zero-order valence-electron chi connectivity index (χ0n) is 18.7. The summed E-state index contributed by atoms with van der Waals surface area (Å²) in [5.41, 5.74) is 2.47. The van der Waals surface area contributed by atoms with E-state index >= 15 is 0 Å². The molecule has 0 radical (unpaired) electrons. The molecule has 6 nitrogen and oxygen atoms in total. The molecule has 0 saturated carbocycles. The smallest absolute Gasteiger partial charge is 0.225 e. The van der Waals surface area contributed by atoms with Crippen LogP contribution in [0, 0.1) is 26.7 Å². The zero-order valence-corrected chi connectivity index (χ0v) is 19.5. The molecule has 1 aromatic carbocycles. The normalized spacial score (nSPS) is 14.8. The lowest BCUT2D eigenvalue weighted by Gasteiger charge is -2.34. The first-order chi connectivity index (χ1) is 14.9. The van der Waals surface area contributed by atoms with Gasteiger partial charge in [-0.15, -0.1) is 11.3 Å². The number of likely N-dealkylation sites (N-methyl/N-ethyl adjacent to an activating group) is 1. The first-order valence-corrected chi connectivity index (χ1v) is 11.7. The molecule has 1 amide bonds. The molecule has 0 bridgehead atoms. The van der Waals surface area contributed by atoms with Gasteiger partial charge in [0, 0.05) is 30.9 Å². The number of piperidine rings is 1. The van der Waals surface area contributed by atoms with Crippen LogP contribution in [0.4, 0.5) is 5.82 Å². The van der Waals surface area contributed by atoms with E-state index in [1.54, 1.807) is 17.7 Å². The summed E-state index contributed by atoms with van der Waals surface area (Å²) in [4.78, 5) is 28.4. The predicted octanol–water partition coefficient (Wildman–Crippen LogP) is 4.37. The lowest BCUT2D eigenvalue weighted by atomic mass is 9.95. The van der Waals surface area contributed by atoms with Crippen LogP contribution in [0.15, 0.2) is 30.6 Å². The minimum Gasteiger partial charge on any atom is -0.492 e. The van der Waals surface area contributed by atoms with E-state index in [1.807, 2.05) is 36.2 Å². The SMILES string of the molecule is Cc1ccc(OCCN(C)C(=O)C2CCN(c3ncnc4sc(C)c(C)c34)CC2)cc1. The Morgan fingerprint density at radius 2 is 1.87 bits per heavy atom. The summed E-state index contributed by atoms with van der Waals surface area (Å²) in [5, 5.41) is 1.17. The lowest BCUT2D eigenvalue weighted by molar-refractivity contribution is -0.135. The van der Waals surface area contributed by atoms with Crippen molar-refractivity contribution < 1.29 is 9.53 Å². The highest BCUT2D eigenvalue weighted by Crippen LogP contribution is 2.35. The van der Waals surface area contributed by atoms with Gasteiger partial charge in [0.1, 0.15) is 29.3 Å². The van der Waals surface area contributed by atoms with Crippen molar-refractivity contribution in [2.75, 3.05) is 38.2 Å². The monoisotopic (exact) mass is 438 g/mol. The highest BCUT2D eigenvalue weighted by atomic mass is 32.1. The molecule has 3 heterocycles. The number of aromatic nitrogens is 2. The molecule has 0 atom stereocenters. The summed E-state index contributed by atoms with van der Waals surface area (Å²) < 4.78 is 5.78. The van der Waals surface area contributed by atoms with Gasteiger partial charge in [-0.1, -0.05) is 17.7 Å². The number of benzene rings is 1. The van der Waals surface area contributed by atoms with Crippen molar-refractivity contribution >= 4 is 33.3 Å². The fourth-order valence-corrected chi connectivity index (χ4v) is 5.09. The standard InChI is InChI=1S/C24H30N4O2S/c1-16-5-7-20(8-6-16)30-14-13-27(4)24(29)19-9-11-28(12-10-19)22-21-17(2)18(3)31-23(21)26-15-25-22/h5-8,15,19H,9-14H2,1-4H3. The van der Waals surface area contributed by atoms with Crippen LogP contribution in [0.3, 0.4) is 0 Å². The van der Waals surface area contributed by atoms with Gasteiger partial charge in [-0.25, -0.2) is 9.97 Å². The molecule has 1 saturated heterocycles. The maximum absolute atomic E-state index is 12.9. The number of carbonyl (C=O) groups excluding carboxylic acids is 1. The van der Waals surface area contributed by atoms with Gasteiger partial charge in [0.15, 0.2) is 0 Å². The van der Waals surface area contributed by atoms with Gasteiger partial charge >= 0.3 is 0 Å². The quantitative estimate of drug-likeness (QED) is 0.572. The fraction of sp³-hybridized carbons (Fsp3) is 0.458. The summed E-state index contributed by atoms with van der Waals surface area (Å²) in [6, 6.07) is 7.99. The molecule has 2 aromatic heterocycles. The molecule has 0 spiro atoms. The van der Waals surface area contributed by atoms with Crippen molar-refractivity contribution in [1.29, 1.82) is 0 Å². The highest BCUT2D eigenvalue weighted by molar-refractivity contribution is 7.18. The molecule has 0 aliphatic carbocycles. The Balaban J connectivity index is 1.31. The van der Waals surface area contributed by atoms with Crippen LogP contribution in [0.5, 0.6) is 5.75 Å². The number of rotatable bonds is 6. The maximum Gasteiger partial charge on any atom is 0.225 e. The third-order valence-electron chi connectivity index (χ3n) is 6.18. The molecule has 0 N–H and O–H groups in total. The molecule has 1 fully saturated rings. The Kier molecular flexibility index (Phi) is 6.41. The topological polar surface area (TPSA) is 58.6 Å². The van der Waals surface area contributed by atoms with E-state index < -0.39 is 0 Å². The predicted molar refractivity (Wildman–Crippen MR) is 126 cm³/mol. The van der Waals surface area contributed by atoms with E-state index in [9.17, 15) is 4.79 Å². The number of nitrogens with zero attached hydrogens (tertiary/aromatic N) is 4. The second-order valence-corrected chi connectivity index (χ2v) is 9.55. The van der Waals surface area contributed by atoms with Crippen LogP contribution >= 0.6 is 11.3 Å². The molecule has 0 unspecified atom stereocenters. The first-order valence-electron chi connectivity index (χ1n) is 10.8. The average Bonchev–Trinajstić information content (AvgIpc) is 3.08.